The van der Waals surface area contributed by atoms with Crippen molar-refractivity contribution in [1.82, 2.24) is 9.97 Å². The van der Waals surface area contributed by atoms with Crippen molar-refractivity contribution in [2.75, 3.05) is 5.32 Å². The van der Waals surface area contributed by atoms with Gasteiger partial charge in [-0.15, -0.1) is 0 Å². The fraction of sp³-hybridized carbons (Fsp3) is 0. The molecule has 8 heteroatoms. The first-order valence-corrected chi connectivity index (χ1v) is 9.46. The predicted octanol–water partition coefficient (Wildman–Crippen LogP) is 5.03. The van der Waals surface area contributed by atoms with Crippen LogP contribution in [0.15, 0.2) is 79.1 Å². The third kappa shape index (κ3) is 4.02. The van der Waals surface area contributed by atoms with Crippen LogP contribution in [-0.4, -0.2) is 20.8 Å². The van der Waals surface area contributed by atoms with Gasteiger partial charge in [0.2, 0.25) is 0 Å². The molecule has 0 unspecified atom stereocenters. The fourth-order valence-corrected chi connectivity index (χ4v) is 3.76. The molecule has 1 amide bonds. The molecule has 0 aliphatic heterocycles. The summed E-state index contributed by atoms with van der Waals surface area (Å²) in [6.45, 7) is 0. The molecule has 0 saturated carbocycles. The number of non-ortho nitro benzene ring substituents is 1. The second kappa shape index (κ2) is 7.99. The highest BCUT2D eigenvalue weighted by atomic mass is 32.1. The Morgan fingerprint density at radius 2 is 1.62 bits per heavy atom. The van der Waals surface area contributed by atoms with E-state index in [2.05, 4.69) is 15.3 Å². The highest BCUT2D eigenvalue weighted by Gasteiger charge is 2.18. The Labute approximate surface area is 169 Å². The zero-order chi connectivity index (χ0) is 20.2. The van der Waals surface area contributed by atoms with Gasteiger partial charge in [-0.05, 0) is 29.8 Å². The van der Waals surface area contributed by atoms with Crippen molar-refractivity contribution in [3.05, 3.63) is 94.8 Å². The summed E-state index contributed by atoms with van der Waals surface area (Å²) in [5.74, 6) is -0.281. The quantitative estimate of drug-likeness (QED) is 0.373. The maximum Gasteiger partial charge on any atom is 0.269 e. The minimum Gasteiger partial charge on any atom is -0.298 e. The second-order valence-electron chi connectivity index (χ2n) is 6.06. The number of hydrogen-bond acceptors (Lipinski definition) is 6. The topological polar surface area (TPSA) is 98.0 Å². The van der Waals surface area contributed by atoms with Gasteiger partial charge in [0.25, 0.3) is 11.6 Å². The lowest BCUT2D eigenvalue weighted by atomic mass is 10.1. The maximum atomic E-state index is 12.5. The second-order valence-corrected chi connectivity index (χ2v) is 7.06. The van der Waals surface area contributed by atoms with E-state index in [4.69, 9.17) is 0 Å². The van der Waals surface area contributed by atoms with Crippen molar-refractivity contribution < 1.29 is 9.72 Å². The summed E-state index contributed by atoms with van der Waals surface area (Å²) in [6, 6.07) is 19.1. The molecule has 0 aliphatic rings. The lowest BCUT2D eigenvalue weighted by molar-refractivity contribution is -0.384. The first-order valence-electron chi connectivity index (χ1n) is 8.64. The summed E-state index contributed by atoms with van der Waals surface area (Å²) >= 11 is 1.35. The minimum atomic E-state index is -0.441. The molecular formula is C21H14N4O3S. The molecule has 0 radical (unpaired) electrons. The number of nitro groups is 1. The Hall–Kier alpha value is -3.91. The summed E-state index contributed by atoms with van der Waals surface area (Å²) in [4.78, 5) is 32.4. The average Bonchev–Trinajstić information content (AvgIpc) is 3.19. The van der Waals surface area contributed by atoms with Crippen molar-refractivity contribution in [2.45, 2.75) is 0 Å². The average molecular weight is 402 g/mol. The molecule has 1 N–H and O–H groups in total. The Morgan fingerprint density at radius 1 is 0.931 bits per heavy atom. The van der Waals surface area contributed by atoms with Gasteiger partial charge in [-0.2, -0.15) is 0 Å². The van der Waals surface area contributed by atoms with Crippen LogP contribution in [0.25, 0.3) is 21.7 Å². The predicted molar refractivity (Wildman–Crippen MR) is 112 cm³/mol. The van der Waals surface area contributed by atoms with Gasteiger partial charge >= 0.3 is 0 Å². The molecule has 0 saturated heterocycles. The summed E-state index contributed by atoms with van der Waals surface area (Å²) in [7, 11) is 0. The van der Waals surface area contributed by atoms with Gasteiger partial charge in [-0.25, -0.2) is 4.98 Å². The number of hydrogen-bond donors (Lipinski definition) is 1. The fourth-order valence-electron chi connectivity index (χ4n) is 2.77. The Balaban J connectivity index is 1.73. The number of carbonyl (C=O) groups is 1. The van der Waals surface area contributed by atoms with Crippen LogP contribution in [0.5, 0.6) is 0 Å². The SMILES string of the molecule is O=C(Nc1nc(-c2ccc([N+](=O)[O-])cc2)c(-c2ccccc2)s1)c1ccncc1. The highest BCUT2D eigenvalue weighted by molar-refractivity contribution is 7.19. The van der Waals surface area contributed by atoms with Crippen molar-refractivity contribution >= 4 is 28.1 Å². The van der Waals surface area contributed by atoms with Gasteiger partial charge in [0, 0.05) is 35.7 Å². The van der Waals surface area contributed by atoms with E-state index in [-0.39, 0.29) is 11.6 Å². The van der Waals surface area contributed by atoms with Crippen LogP contribution >= 0.6 is 11.3 Å². The zero-order valence-corrected chi connectivity index (χ0v) is 15.8. The van der Waals surface area contributed by atoms with E-state index in [0.717, 1.165) is 16.0 Å². The number of nitro benzene ring substituents is 1. The number of amides is 1. The molecule has 0 fully saturated rings. The number of anilines is 1. The first kappa shape index (κ1) is 18.5. The van der Waals surface area contributed by atoms with Crippen LogP contribution in [0.4, 0.5) is 10.8 Å². The first-order chi connectivity index (χ1) is 14.1. The molecule has 4 aromatic rings. The van der Waals surface area contributed by atoms with E-state index in [1.807, 2.05) is 30.3 Å². The van der Waals surface area contributed by atoms with Gasteiger partial charge in [0.15, 0.2) is 5.13 Å². The number of nitrogens with zero attached hydrogens (tertiary/aromatic N) is 3. The van der Waals surface area contributed by atoms with Gasteiger partial charge in [-0.3, -0.25) is 25.2 Å². The van der Waals surface area contributed by atoms with Crippen LogP contribution in [-0.2, 0) is 0 Å². The molecule has 0 aliphatic carbocycles. The minimum absolute atomic E-state index is 0.0106. The van der Waals surface area contributed by atoms with Gasteiger partial charge in [-0.1, -0.05) is 41.7 Å². The summed E-state index contributed by atoms with van der Waals surface area (Å²) in [6.07, 6.45) is 3.10. The summed E-state index contributed by atoms with van der Waals surface area (Å²) in [5, 5.41) is 14.2. The third-order valence-corrected chi connectivity index (χ3v) is 5.20. The molecular weight excluding hydrogens is 388 g/mol. The Bertz CT molecular complexity index is 1160. The molecule has 2 aromatic carbocycles. The van der Waals surface area contributed by atoms with Gasteiger partial charge < -0.3 is 0 Å². The van der Waals surface area contributed by atoms with Crippen LogP contribution < -0.4 is 5.32 Å². The van der Waals surface area contributed by atoms with Crippen molar-refractivity contribution in [3.8, 4) is 21.7 Å². The van der Waals surface area contributed by atoms with Crippen molar-refractivity contribution in [1.29, 1.82) is 0 Å². The highest BCUT2D eigenvalue weighted by Crippen LogP contribution is 2.39. The van der Waals surface area contributed by atoms with E-state index < -0.39 is 4.92 Å². The van der Waals surface area contributed by atoms with Crippen LogP contribution in [0.2, 0.25) is 0 Å². The normalized spacial score (nSPS) is 10.5. The standard InChI is InChI=1S/C21H14N4O3S/c26-20(16-10-12-22-13-11-16)24-21-23-18(14-6-8-17(9-7-14)25(27)28)19(29-21)15-4-2-1-3-5-15/h1-13H,(H,23,24,26). The van der Waals surface area contributed by atoms with Gasteiger partial charge in [0.1, 0.15) is 0 Å². The van der Waals surface area contributed by atoms with Gasteiger partial charge in [0.05, 0.1) is 15.5 Å². The number of nitrogens with one attached hydrogen (secondary N) is 1. The third-order valence-electron chi connectivity index (χ3n) is 4.18. The van der Waals surface area contributed by atoms with E-state index >= 15 is 0 Å². The molecule has 142 valence electrons. The number of pyridine rings is 1. The lowest BCUT2D eigenvalue weighted by Gasteiger charge is -2.02. The van der Waals surface area contributed by atoms with Crippen LogP contribution in [0, 0.1) is 10.1 Å². The molecule has 29 heavy (non-hydrogen) atoms. The molecule has 0 atom stereocenters. The molecule has 2 aromatic heterocycles. The monoisotopic (exact) mass is 402 g/mol. The number of aromatic nitrogens is 2. The largest absolute Gasteiger partial charge is 0.298 e. The van der Waals surface area contributed by atoms with Crippen molar-refractivity contribution in [3.63, 3.8) is 0 Å². The van der Waals surface area contributed by atoms with E-state index in [0.29, 0.717) is 16.4 Å². The van der Waals surface area contributed by atoms with Crippen LogP contribution in [0.1, 0.15) is 10.4 Å². The number of thiazole rings is 1. The number of benzene rings is 2. The molecule has 2 heterocycles. The summed E-state index contributed by atoms with van der Waals surface area (Å²) < 4.78 is 0. The smallest absolute Gasteiger partial charge is 0.269 e. The number of rotatable bonds is 5. The van der Waals surface area contributed by atoms with E-state index in [1.54, 1.807) is 36.7 Å². The Morgan fingerprint density at radius 3 is 2.28 bits per heavy atom. The molecule has 7 nitrogen and oxygen atoms in total. The maximum absolute atomic E-state index is 12.5. The summed E-state index contributed by atoms with van der Waals surface area (Å²) in [5.41, 5.74) is 2.82. The van der Waals surface area contributed by atoms with E-state index in [9.17, 15) is 14.9 Å². The van der Waals surface area contributed by atoms with Crippen molar-refractivity contribution in [2.24, 2.45) is 0 Å². The molecule has 4 rings (SSSR count). The Kier molecular flexibility index (Phi) is 5.08. The lowest BCUT2D eigenvalue weighted by Crippen LogP contribution is -2.11. The number of carbonyl (C=O) groups excluding carboxylic acids is 1. The zero-order valence-electron chi connectivity index (χ0n) is 15.0. The molecule has 0 spiro atoms. The van der Waals surface area contributed by atoms with Crippen LogP contribution in [0.3, 0.4) is 0 Å². The molecule has 0 bridgehead atoms. The van der Waals surface area contributed by atoms with E-state index in [1.165, 1.54) is 23.5 Å².